The fourth-order valence-corrected chi connectivity index (χ4v) is 2.16. The van der Waals surface area contributed by atoms with Gasteiger partial charge in [0.1, 0.15) is 0 Å². The number of nitrogens with one attached hydrogen (secondary N) is 1. The molecule has 1 amide bonds. The van der Waals surface area contributed by atoms with E-state index < -0.39 is 0 Å². The van der Waals surface area contributed by atoms with E-state index in [1.807, 2.05) is 0 Å². The van der Waals surface area contributed by atoms with E-state index in [0.717, 1.165) is 13.0 Å². The fourth-order valence-electron chi connectivity index (χ4n) is 2.16. The van der Waals surface area contributed by atoms with Crippen molar-refractivity contribution in [1.82, 2.24) is 5.32 Å². The molecular formula is C12H23NO. The average Bonchev–Trinajstić information content (AvgIpc) is 2.47. The molecule has 82 valence electrons. The Morgan fingerprint density at radius 2 is 2.00 bits per heavy atom. The lowest BCUT2D eigenvalue weighted by molar-refractivity contribution is -0.119. The number of carbonyl (C=O) groups is 1. The van der Waals surface area contributed by atoms with Gasteiger partial charge in [0.15, 0.2) is 0 Å². The zero-order valence-corrected chi connectivity index (χ0v) is 9.57. The summed E-state index contributed by atoms with van der Waals surface area (Å²) in [6.45, 7) is 5.35. The Morgan fingerprint density at radius 1 is 1.29 bits per heavy atom. The van der Waals surface area contributed by atoms with Gasteiger partial charge in [-0.2, -0.15) is 0 Å². The third kappa shape index (κ3) is 3.69. The molecule has 0 spiro atoms. The molecular weight excluding hydrogens is 174 g/mol. The number of hydrogen-bond acceptors (Lipinski definition) is 1. The predicted molar refractivity (Wildman–Crippen MR) is 59.1 cm³/mol. The highest BCUT2D eigenvalue weighted by Crippen LogP contribution is 2.31. The van der Waals surface area contributed by atoms with E-state index in [1.54, 1.807) is 0 Å². The van der Waals surface area contributed by atoms with Crippen molar-refractivity contribution < 1.29 is 4.79 Å². The Balaban J connectivity index is 2.08. The maximum absolute atomic E-state index is 11.1. The minimum atomic E-state index is 0.237. The molecule has 0 aromatic rings. The van der Waals surface area contributed by atoms with Gasteiger partial charge >= 0.3 is 0 Å². The van der Waals surface area contributed by atoms with Crippen molar-refractivity contribution in [3.63, 3.8) is 0 Å². The van der Waals surface area contributed by atoms with Crippen LogP contribution in [-0.2, 0) is 4.79 Å². The summed E-state index contributed by atoms with van der Waals surface area (Å²) in [7, 11) is 0. The summed E-state index contributed by atoms with van der Waals surface area (Å²) in [5.41, 5.74) is 0.253. The Labute approximate surface area is 87.5 Å². The van der Waals surface area contributed by atoms with E-state index in [0.29, 0.717) is 0 Å². The van der Waals surface area contributed by atoms with Crippen molar-refractivity contribution in [2.45, 2.75) is 58.8 Å². The molecule has 0 bridgehead atoms. The van der Waals surface area contributed by atoms with Gasteiger partial charge in [-0.3, -0.25) is 4.79 Å². The van der Waals surface area contributed by atoms with Crippen molar-refractivity contribution in [2.75, 3.05) is 6.54 Å². The first kappa shape index (κ1) is 11.5. The monoisotopic (exact) mass is 197 g/mol. The molecule has 1 saturated heterocycles. The Morgan fingerprint density at radius 3 is 2.57 bits per heavy atom. The highest BCUT2D eigenvalue weighted by Gasteiger charge is 2.32. The molecule has 0 saturated carbocycles. The summed E-state index contributed by atoms with van der Waals surface area (Å²) in [6.07, 6.45) is 8.57. The quantitative estimate of drug-likeness (QED) is 0.652. The second-order valence-corrected chi connectivity index (χ2v) is 4.93. The van der Waals surface area contributed by atoms with Gasteiger partial charge in [0.25, 0.3) is 0 Å². The summed E-state index contributed by atoms with van der Waals surface area (Å²) >= 11 is 0. The van der Waals surface area contributed by atoms with E-state index in [9.17, 15) is 4.79 Å². The molecule has 1 fully saturated rings. The zero-order chi connectivity index (χ0) is 10.4. The first-order valence-electron chi connectivity index (χ1n) is 5.93. The minimum absolute atomic E-state index is 0.237. The molecule has 2 nitrogen and oxygen atoms in total. The zero-order valence-electron chi connectivity index (χ0n) is 9.57. The van der Waals surface area contributed by atoms with Gasteiger partial charge in [-0.05, 0) is 11.8 Å². The van der Waals surface area contributed by atoms with E-state index in [-0.39, 0.29) is 11.3 Å². The first-order valence-corrected chi connectivity index (χ1v) is 5.93. The van der Waals surface area contributed by atoms with Crippen LogP contribution in [0.4, 0.5) is 0 Å². The summed E-state index contributed by atoms with van der Waals surface area (Å²) < 4.78 is 0. The molecule has 1 heterocycles. The molecule has 14 heavy (non-hydrogen) atoms. The number of unbranched alkanes of at least 4 members (excludes halogenated alkanes) is 4. The minimum Gasteiger partial charge on any atom is -0.356 e. The molecule has 1 rings (SSSR count). The third-order valence-electron chi connectivity index (χ3n) is 3.18. The maximum Gasteiger partial charge on any atom is 0.220 e. The topological polar surface area (TPSA) is 29.1 Å². The maximum atomic E-state index is 11.1. The van der Waals surface area contributed by atoms with E-state index in [4.69, 9.17) is 0 Å². The van der Waals surface area contributed by atoms with Gasteiger partial charge in [0.2, 0.25) is 5.91 Å². The summed E-state index contributed by atoms with van der Waals surface area (Å²) in [5.74, 6) is 0.237. The first-order chi connectivity index (χ1) is 6.66. The Kier molecular flexibility index (Phi) is 4.43. The smallest absolute Gasteiger partial charge is 0.220 e. The average molecular weight is 197 g/mol. The summed E-state index contributed by atoms with van der Waals surface area (Å²) in [6, 6.07) is 0. The predicted octanol–water partition coefficient (Wildman–Crippen LogP) is 2.87. The van der Waals surface area contributed by atoms with Gasteiger partial charge in [0.05, 0.1) is 0 Å². The standard InChI is InChI=1S/C12H23NO/c1-3-4-5-6-7-8-12(2)9-11(14)13-10-12/h3-10H2,1-2H3,(H,13,14). The lowest BCUT2D eigenvalue weighted by Gasteiger charge is -2.20. The second kappa shape index (κ2) is 5.38. The highest BCUT2D eigenvalue weighted by atomic mass is 16.1. The van der Waals surface area contributed by atoms with Gasteiger partial charge in [0, 0.05) is 13.0 Å². The van der Waals surface area contributed by atoms with Gasteiger partial charge in [-0.15, -0.1) is 0 Å². The van der Waals surface area contributed by atoms with Crippen LogP contribution in [-0.4, -0.2) is 12.5 Å². The van der Waals surface area contributed by atoms with Crippen molar-refractivity contribution in [3.8, 4) is 0 Å². The van der Waals surface area contributed by atoms with Crippen LogP contribution < -0.4 is 5.32 Å². The van der Waals surface area contributed by atoms with Crippen LogP contribution in [0.15, 0.2) is 0 Å². The third-order valence-corrected chi connectivity index (χ3v) is 3.18. The lowest BCUT2D eigenvalue weighted by atomic mass is 9.84. The molecule has 0 aliphatic carbocycles. The van der Waals surface area contributed by atoms with Crippen molar-refractivity contribution in [1.29, 1.82) is 0 Å². The van der Waals surface area contributed by atoms with Crippen LogP contribution >= 0.6 is 0 Å². The number of hydrogen-bond donors (Lipinski definition) is 1. The molecule has 1 atom stereocenters. The lowest BCUT2D eigenvalue weighted by Crippen LogP contribution is -2.20. The number of rotatable bonds is 6. The fraction of sp³-hybridized carbons (Fsp3) is 0.917. The van der Waals surface area contributed by atoms with Crippen LogP contribution in [0.5, 0.6) is 0 Å². The number of amides is 1. The Bertz CT molecular complexity index is 191. The molecule has 1 N–H and O–H groups in total. The summed E-state index contributed by atoms with van der Waals surface area (Å²) in [4.78, 5) is 11.1. The SMILES string of the molecule is CCCCCCCC1(C)CNC(=O)C1. The van der Waals surface area contributed by atoms with Crippen LogP contribution in [0.2, 0.25) is 0 Å². The second-order valence-electron chi connectivity index (χ2n) is 4.93. The van der Waals surface area contributed by atoms with E-state index in [2.05, 4.69) is 19.2 Å². The summed E-state index contributed by atoms with van der Waals surface area (Å²) in [5, 5.41) is 2.92. The van der Waals surface area contributed by atoms with Crippen molar-refractivity contribution in [3.05, 3.63) is 0 Å². The molecule has 1 unspecified atom stereocenters. The van der Waals surface area contributed by atoms with E-state index in [1.165, 1.54) is 38.5 Å². The van der Waals surface area contributed by atoms with Gasteiger partial charge in [-0.1, -0.05) is 46.0 Å². The molecule has 0 aromatic carbocycles. The van der Waals surface area contributed by atoms with Crippen molar-refractivity contribution in [2.24, 2.45) is 5.41 Å². The molecule has 0 aromatic heterocycles. The molecule has 1 aliphatic rings. The van der Waals surface area contributed by atoms with Crippen LogP contribution in [0.25, 0.3) is 0 Å². The van der Waals surface area contributed by atoms with Gasteiger partial charge in [-0.25, -0.2) is 0 Å². The van der Waals surface area contributed by atoms with E-state index >= 15 is 0 Å². The largest absolute Gasteiger partial charge is 0.356 e. The normalized spacial score (nSPS) is 26.6. The van der Waals surface area contributed by atoms with Crippen LogP contribution in [0.3, 0.4) is 0 Å². The Hall–Kier alpha value is -0.530. The molecule has 2 heteroatoms. The van der Waals surface area contributed by atoms with Gasteiger partial charge < -0.3 is 5.32 Å². The number of carbonyl (C=O) groups excluding carboxylic acids is 1. The highest BCUT2D eigenvalue weighted by molar-refractivity contribution is 5.79. The molecule has 1 aliphatic heterocycles. The van der Waals surface area contributed by atoms with Crippen LogP contribution in [0.1, 0.15) is 58.8 Å². The van der Waals surface area contributed by atoms with Crippen molar-refractivity contribution >= 4 is 5.91 Å². The molecule has 0 radical (unpaired) electrons. The van der Waals surface area contributed by atoms with Crippen LogP contribution in [0, 0.1) is 5.41 Å².